The van der Waals surface area contributed by atoms with Crippen LogP contribution < -0.4 is 11.2 Å². The molecule has 0 atom stereocenters. The Morgan fingerprint density at radius 1 is 1.18 bits per heavy atom. The molecule has 1 saturated carbocycles. The van der Waals surface area contributed by atoms with Gasteiger partial charge >= 0.3 is 5.69 Å². The molecule has 1 aliphatic carbocycles. The number of benzene rings is 1. The molecule has 7 nitrogen and oxygen atoms in total. The standard InChI is InChI=1S/C21H27N5O2/c1-3-4-12-26-19-18(20(27)23-21(26)28)24(2)17(22-19)14-25(16-10-11-16)13-15-8-6-5-7-9-15/h5-9,16H,3-4,10-14H2,1-2H3,(H,23,27,28). The van der Waals surface area contributed by atoms with Crippen LogP contribution >= 0.6 is 0 Å². The molecular weight excluding hydrogens is 354 g/mol. The summed E-state index contributed by atoms with van der Waals surface area (Å²) in [7, 11) is 1.86. The molecular formula is C21H27N5O2. The Balaban J connectivity index is 1.70. The number of nitrogens with one attached hydrogen (secondary N) is 1. The fourth-order valence-corrected chi connectivity index (χ4v) is 3.71. The Morgan fingerprint density at radius 3 is 2.61 bits per heavy atom. The highest BCUT2D eigenvalue weighted by Gasteiger charge is 2.30. The van der Waals surface area contributed by atoms with Crippen LogP contribution in [-0.4, -0.2) is 30.0 Å². The fraction of sp³-hybridized carbons (Fsp3) is 0.476. The lowest BCUT2D eigenvalue weighted by Crippen LogP contribution is -2.31. The Morgan fingerprint density at radius 2 is 1.93 bits per heavy atom. The molecule has 0 amide bonds. The van der Waals surface area contributed by atoms with E-state index < -0.39 is 0 Å². The number of nitrogens with zero attached hydrogens (tertiary/aromatic N) is 4. The normalized spacial score (nSPS) is 14.2. The van der Waals surface area contributed by atoms with E-state index in [2.05, 4.69) is 41.1 Å². The van der Waals surface area contributed by atoms with Crippen LogP contribution in [-0.2, 0) is 26.7 Å². The number of H-pyrrole nitrogens is 1. The van der Waals surface area contributed by atoms with Gasteiger partial charge in [0.15, 0.2) is 11.2 Å². The zero-order chi connectivity index (χ0) is 19.7. The van der Waals surface area contributed by atoms with E-state index in [0.717, 1.165) is 25.2 Å². The quantitative estimate of drug-likeness (QED) is 0.650. The molecule has 148 valence electrons. The van der Waals surface area contributed by atoms with Crippen LogP contribution in [0.15, 0.2) is 39.9 Å². The van der Waals surface area contributed by atoms with Crippen molar-refractivity contribution in [2.45, 2.75) is 58.3 Å². The van der Waals surface area contributed by atoms with E-state index in [0.29, 0.717) is 30.3 Å². The van der Waals surface area contributed by atoms with Crippen molar-refractivity contribution in [3.8, 4) is 0 Å². The van der Waals surface area contributed by atoms with Crippen molar-refractivity contribution in [2.75, 3.05) is 0 Å². The van der Waals surface area contributed by atoms with Gasteiger partial charge in [0.05, 0.1) is 6.54 Å². The predicted octanol–water partition coefficient (Wildman–Crippen LogP) is 2.39. The van der Waals surface area contributed by atoms with Crippen LogP contribution in [0, 0.1) is 0 Å². The van der Waals surface area contributed by atoms with Crippen molar-refractivity contribution in [1.29, 1.82) is 0 Å². The van der Waals surface area contributed by atoms with Gasteiger partial charge in [0.2, 0.25) is 0 Å². The number of hydrogen-bond acceptors (Lipinski definition) is 4. The Kier molecular flexibility index (Phi) is 5.17. The summed E-state index contributed by atoms with van der Waals surface area (Å²) < 4.78 is 3.44. The van der Waals surface area contributed by atoms with Gasteiger partial charge in [0, 0.05) is 26.2 Å². The summed E-state index contributed by atoms with van der Waals surface area (Å²) in [6.07, 6.45) is 4.23. The average molecular weight is 381 g/mol. The largest absolute Gasteiger partial charge is 0.330 e. The van der Waals surface area contributed by atoms with E-state index in [-0.39, 0.29) is 11.2 Å². The van der Waals surface area contributed by atoms with Gasteiger partial charge in [-0.2, -0.15) is 0 Å². The Labute approximate surface area is 163 Å². The molecule has 4 rings (SSSR count). The lowest BCUT2D eigenvalue weighted by Gasteiger charge is -2.21. The zero-order valence-electron chi connectivity index (χ0n) is 16.5. The van der Waals surface area contributed by atoms with E-state index >= 15 is 0 Å². The number of aromatic nitrogens is 4. The third kappa shape index (κ3) is 3.67. The minimum atomic E-state index is -0.376. The molecule has 1 aliphatic rings. The molecule has 1 aromatic carbocycles. The number of aryl methyl sites for hydroxylation is 2. The molecule has 2 aromatic heterocycles. The van der Waals surface area contributed by atoms with Gasteiger partial charge in [0.25, 0.3) is 5.56 Å². The molecule has 0 spiro atoms. The maximum atomic E-state index is 12.4. The summed E-state index contributed by atoms with van der Waals surface area (Å²) in [5, 5.41) is 0. The van der Waals surface area contributed by atoms with Crippen molar-refractivity contribution in [3.63, 3.8) is 0 Å². The molecule has 1 fully saturated rings. The molecule has 3 aromatic rings. The van der Waals surface area contributed by atoms with E-state index in [4.69, 9.17) is 4.98 Å². The molecule has 2 heterocycles. The fourth-order valence-electron chi connectivity index (χ4n) is 3.71. The van der Waals surface area contributed by atoms with E-state index in [1.165, 1.54) is 18.4 Å². The Bertz CT molecular complexity index is 1080. The SMILES string of the molecule is CCCCn1c(=O)[nH]c(=O)c2c1nc(CN(Cc1ccccc1)C1CC1)n2C. The number of rotatable bonds is 8. The lowest BCUT2D eigenvalue weighted by atomic mass is 10.2. The zero-order valence-corrected chi connectivity index (χ0v) is 16.5. The van der Waals surface area contributed by atoms with E-state index in [9.17, 15) is 9.59 Å². The van der Waals surface area contributed by atoms with E-state index in [1.807, 2.05) is 17.7 Å². The second-order valence-electron chi connectivity index (χ2n) is 7.65. The van der Waals surface area contributed by atoms with Crippen LogP contribution in [0.1, 0.15) is 44.0 Å². The summed E-state index contributed by atoms with van der Waals surface area (Å²) in [4.78, 5) is 34.4. The van der Waals surface area contributed by atoms with Crippen LogP contribution in [0.5, 0.6) is 0 Å². The van der Waals surface area contributed by atoms with Gasteiger partial charge in [-0.1, -0.05) is 43.7 Å². The molecule has 0 saturated heterocycles. The maximum absolute atomic E-state index is 12.4. The van der Waals surface area contributed by atoms with Gasteiger partial charge < -0.3 is 4.57 Å². The summed E-state index contributed by atoms with van der Waals surface area (Å²) in [5.74, 6) is 0.819. The average Bonchev–Trinajstić information content (AvgIpc) is 3.47. The minimum absolute atomic E-state index is 0.366. The predicted molar refractivity (Wildman–Crippen MR) is 109 cm³/mol. The molecule has 0 aliphatic heterocycles. The van der Waals surface area contributed by atoms with Crippen molar-refractivity contribution in [1.82, 2.24) is 24.0 Å². The lowest BCUT2D eigenvalue weighted by molar-refractivity contribution is 0.237. The molecule has 0 bridgehead atoms. The summed E-state index contributed by atoms with van der Waals surface area (Å²) in [5.41, 5.74) is 1.50. The van der Waals surface area contributed by atoms with Crippen molar-refractivity contribution < 1.29 is 0 Å². The van der Waals surface area contributed by atoms with Gasteiger partial charge in [-0.05, 0) is 24.8 Å². The second-order valence-corrected chi connectivity index (χ2v) is 7.65. The first kappa shape index (κ1) is 18.7. The number of fused-ring (bicyclic) bond motifs is 1. The summed E-state index contributed by atoms with van der Waals surface area (Å²) in [6, 6.07) is 11.0. The number of unbranched alkanes of at least 4 members (excludes halogenated alkanes) is 1. The van der Waals surface area contributed by atoms with E-state index in [1.54, 1.807) is 4.57 Å². The smallest absolute Gasteiger partial charge is 0.324 e. The maximum Gasteiger partial charge on any atom is 0.330 e. The van der Waals surface area contributed by atoms with Crippen LogP contribution in [0.2, 0.25) is 0 Å². The highest BCUT2D eigenvalue weighted by molar-refractivity contribution is 5.70. The van der Waals surface area contributed by atoms with Crippen LogP contribution in [0.3, 0.4) is 0 Å². The third-order valence-corrected chi connectivity index (χ3v) is 5.48. The first-order chi connectivity index (χ1) is 13.6. The van der Waals surface area contributed by atoms with Gasteiger partial charge in [0.1, 0.15) is 5.82 Å². The van der Waals surface area contributed by atoms with Crippen molar-refractivity contribution in [3.05, 3.63) is 62.6 Å². The third-order valence-electron chi connectivity index (χ3n) is 5.48. The molecule has 7 heteroatoms. The molecule has 0 radical (unpaired) electrons. The van der Waals surface area contributed by atoms with Crippen molar-refractivity contribution >= 4 is 11.2 Å². The second kappa shape index (κ2) is 7.75. The van der Waals surface area contributed by atoms with Crippen LogP contribution in [0.4, 0.5) is 0 Å². The molecule has 1 N–H and O–H groups in total. The van der Waals surface area contributed by atoms with Crippen molar-refractivity contribution in [2.24, 2.45) is 7.05 Å². The molecule has 28 heavy (non-hydrogen) atoms. The summed E-state index contributed by atoms with van der Waals surface area (Å²) in [6.45, 7) is 4.16. The van der Waals surface area contributed by atoms with Gasteiger partial charge in [-0.3, -0.25) is 19.2 Å². The highest BCUT2D eigenvalue weighted by Crippen LogP contribution is 2.30. The number of imidazole rings is 1. The Hall–Kier alpha value is -2.67. The number of hydrogen-bond donors (Lipinski definition) is 1. The topological polar surface area (TPSA) is 75.9 Å². The van der Waals surface area contributed by atoms with Gasteiger partial charge in [-0.25, -0.2) is 9.78 Å². The monoisotopic (exact) mass is 381 g/mol. The number of aromatic amines is 1. The summed E-state index contributed by atoms with van der Waals surface area (Å²) >= 11 is 0. The first-order valence-corrected chi connectivity index (χ1v) is 10.0. The van der Waals surface area contributed by atoms with Gasteiger partial charge in [-0.15, -0.1) is 0 Å². The molecule has 0 unspecified atom stereocenters. The van der Waals surface area contributed by atoms with Crippen LogP contribution in [0.25, 0.3) is 11.2 Å². The first-order valence-electron chi connectivity index (χ1n) is 10.0. The highest BCUT2D eigenvalue weighted by atomic mass is 16.2. The minimum Gasteiger partial charge on any atom is -0.324 e.